The molecule has 0 unspecified atom stereocenters. The third-order valence-electron chi connectivity index (χ3n) is 5.13. The molecule has 0 aliphatic rings. The van der Waals surface area contributed by atoms with Crippen LogP contribution < -0.4 is 10.2 Å². The minimum Gasteiger partial charge on any atom is -0.487 e. The first-order chi connectivity index (χ1) is 17.1. The van der Waals surface area contributed by atoms with Gasteiger partial charge >= 0.3 is 5.97 Å². The van der Waals surface area contributed by atoms with Crippen LogP contribution in [0.5, 0.6) is 5.75 Å². The highest BCUT2D eigenvalue weighted by molar-refractivity contribution is 5.74. The largest absolute Gasteiger partial charge is 0.487 e. The molecule has 8 heteroatoms. The molecule has 0 saturated heterocycles. The van der Waals surface area contributed by atoms with Gasteiger partial charge in [-0.2, -0.15) is 0 Å². The molecule has 0 aliphatic heterocycles. The predicted octanol–water partition coefficient (Wildman–Crippen LogP) is 5.45. The second-order valence-corrected chi connectivity index (χ2v) is 7.59. The number of nitrogens with zero attached hydrogens (tertiary/aromatic N) is 1. The van der Waals surface area contributed by atoms with Crippen LogP contribution in [0.2, 0.25) is 0 Å². The Morgan fingerprint density at radius 2 is 1.83 bits per heavy atom. The molecule has 2 heterocycles. The average molecular weight is 475 g/mol. The molecule has 0 saturated carbocycles. The number of ether oxygens (including phenoxy) is 2. The smallest absolute Gasteiger partial charge is 0.309 e. The number of hydrogen-bond acceptors (Lipinski definition) is 8. The minimum absolute atomic E-state index is 0.136. The Balaban J connectivity index is 1.30. The fourth-order valence-corrected chi connectivity index (χ4v) is 3.20. The molecule has 4 rings (SSSR count). The Morgan fingerprint density at radius 3 is 2.54 bits per heavy atom. The van der Waals surface area contributed by atoms with Crippen LogP contribution >= 0.6 is 0 Å². The summed E-state index contributed by atoms with van der Waals surface area (Å²) in [6.07, 6.45) is 3.45. The number of oxazole rings is 1. The van der Waals surface area contributed by atoms with Crippen molar-refractivity contribution >= 4 is 11.7 Å². The zero-order valence-corrected chi connectivity index (χ0v) is 19.5. The van der Waals surface area contributed by atoms with Crippen LogP contribution in [0.4, 0.5) is 0 Å². The Hall–Kier alpha value is -4.30. The molecular formula is C27H26N2O6. The normalized spacial score (nSPS) is 11.3. The number of aromatic nitrogens is 1. The number of carbonyl (C=O) groups excluding carboxylic acids is 1. The van der Waals surface area contributed by atoms with Gasteiger partial charge in [-0.3, -0.25) is 15.1 Å². The van der Waals surface area contributed by atoms with E-state index in [0.717, 1.165) is 11.1 Å². The number of methoxy groups -OCH3 is 1. The Labute approximate surface area is 203 Å². The van der Waals surface area contributed by atoms with Gasteiger partial charge < -0.3 is 18.3 Å². The van der Waals surface area contributed by atoms with Crippen LogP contribution in [0, 0.1) is 6.92 Å². The van der Waals surface area contributed by atoms with Gasteiger partial charge in [0.2, 0.25) is 0 Å². The fraction of sp³-hybridized carbons (Fsp3) is 0.185. The van der Waals surface area contributed by atoms with E-state index < -0.39 is 0 Å². The summed E-state index contributed by atoms with van der Waals surface area (Å²) < 4.78 is 21.6. The van der Waals surface area contributed by atoms with E-state index >= 15 is 0 Å². The summed E-state index contributed by atoms with van der Waals surface area (Å²) in [4.78, 5) is 21.7. The van der Waals surface area contributed by atoms with Crippen LogP contribution in [0.25, 0.3) is 17.3 Å². The van der Waals surface area contributed by atoms with E-state index in [0.29, 0.717) is 41.2 Å². The SMILES string of the molecule is COC(=O)CC=C(NOCc1ccc(OCc2nc(-c3ccco3)oc2C)cc1)c1ccccc1. The number of furan rings is 1. The van der Waals surface area contributed by atoms with Gasteiger partial charge in [0, 0.05) is 0 Å². The lowest BCUT2D eigenvalue weighted by molar-refractivity contribution is -0.139. The molecule has 0 amide bonds. The molecule has 0 radical (unpaired) electrons. The molecule has 180 valence electrons. The zero-order chi connectivity index (χ0) is 24.5. The fourth-order valence-electron chi connectivity index (χ4n) is 3.20. The molecule has 2 aromatic carbocycles. The summed E-state index contributed by atoms with van der Waals surface area (Å²) in [5.41, 5.74) is 6.19. The van der Waals surface area contributed by atoms with Gasteiger partial charge in [-0.25, -0.2) is 4.98 Å². The summed E-state index contributed by atoms with van der Waals surface area (Å²) in [5.74, 6) is 2.07. The van der Waals surface area contributed by atoms with Crippen molar-refractivity contribution in [3.8, 4) is 17.4 Å². The summed E-state index contributed by atoms with van der Waals surface area (Å²) in [6, 6.07) is 20.8. The lowest BCUT2D eigenvalue weighted by Gasteiger charge is -2.12. The zero-order valence-electron chi connectivity index (χ0n) is 19.5. The maximum Gasteiger partial charge on any atom is 0.309 e. The van der Waals surface area contributed by atoms with Gasteiger partial charge in [-0.1, -0.05) is 42.5 Å². The number of benzene rings is 2. The van der Waals surface area contributed by atoms with Gasteiger partial charge in [0.1, 0.15) is 23.8 Å². The molecule has 0 atom stereocenters. The van der Waals surface area contributed by atoms with Crippen molar-refractivity contribution in [3.05, 3.63) is 102 Å². The highest BCUT2D eigenvalue weighted by atomic mass is 16.6. The minimum atomic E-state index is -0.325. The number of carbonyl (C=O) groups is 1. The van der Waals surface area contributed by atoms with E-state index in [1.807, 2.05) is 61.5 Å². The number of nitrogens with one attached hydrogen (secondary N) is 1. The van der Waals surface area contributed by atoms with E-state index in [2.05, 4.69) is 10.5 Å². The first-order valence-electron chi connectivity index (χ1n) is 11.0. The van der Waals surface area contributed by atoms with Gasteiger partial charge in [0.05, 0.1) is 32.1 Å². The Bertz CT molecular complexity index is 1240. The quantitative estimate of drug-likeness (QED) is 0.227. The highest BCUT2D eigenvalue weighted by Crippen LogP contribution is 2.23. The van der Waals surface area contributed by atoms with Crippen molar-refractivity contribution in [1.29, 1.82) is 0 Å². The molecule has 35 heavy (non-hydrogen) atoms. The topological polar surface area (TPSA) is 96.0 Å². The van der Waals surface area contributed by atoms with Crippen LogP contribution in [-0.2, 0) is 27.6 Å². The van der Waals surface area contributed by atoms with E-state index in [1.165, 1.54) is 7.11 Å². The third kappa shape index (κ3) is 6.61. The number of esters is 1. The predicted molar refractivity (Wildman–Crippen MR) is 129 cm³/mol. The highest BCUT2D eigenvalue weighted by Gasteiger charge is 2.14. The Morgan fingerprint density at radius 1 is 1.03 bits per heavy atom. The summed E-state index contributed by atoms with van der Waals surface area (Å²) in [7, 11) is 1.36. The second-order valence-electron chi connectivity index (χ2n) is 7.59. The molecule has 2 aromatic heterocycles. The van der Waals surface area contributed by atoms with Crippen molar-refractivity contribution in [2.75, 3.05) is 7.11 Å². The van der Waals surface area contributed by atoms with Crippen LogP contribution in [0.3, 0.4) is 0 Å². The van der Waals surface area contributed by atoms with Gasteiger partial charge in [0.25, 0.3) is 5.89 Å². The third-order valence-corrected chi connectivity index (χ3v) is 5.13. The lowest BCUT2D eigenvalue weighted by atomic mass is 10.1. The van der Waals surface area contributed by atoms with E-state index in [-0.39, 0.29) is 19.0 Å². The molecule has 0 spiro atoms. The lowest BCUT2D eigenvalue weighted by Crippen LogP contribution is -2.14. The maximum absolute atomic E-state index is 11.5. The van der Waals surface area contributed by atoms with E-state index in [4.69, 9.17) is 23.1 Å². The average Bonchev–Trinajstić information content (AvgIpc) is 3.56. The van der Waals surface area contributed by atoms with Crippen molar-refractivity contribution in [3.63, 3.8) is 0 Å². The first-order valence-corrected chi connectivity index (χ1v) is 11.0. The van der Waals surface area contributed by atoms with Crippen molar-refractivity contribution < 1.29 is 27.9 Å². The van der Waals surface area contributed by atoms with Gasteiger partial charge in [0.15, 0.2) is 5.76 Å². The van der Waals surface area contributed by atoms with Crippen LogP contribution in [0.1, 0.15) is 29.0 Å². The number of hydroxylamine groups is 1. The van der Waals surface area contributed by atoms with Gasteiger partial charge in [-0.15, -0.1) is 0 Å². The van der Waals surface area contributed by atoms with E-state index in [1.54, 1.807) is 24.5 Å². The molecule has 1 N–H and O–H groups in total. The van der Waals surface area contributed by atoms with E-state index in [9.17, 15) is 4.79 Å². The monoisotopic (exact) mass is 474 g/mol. The van der Waals surface area contributed by atoms with Crippen molar-refractivity contribution in [2.24, 2.45) is 0 Å². The van der Waals surface area contributed by atoms with Crippen molar-refractivity contribution in [2.45, 2.75) is 26.6 Å². The first kappa shape index (κ1) is 23.8. The standard InChI is InChI=1S/C27H26N2O6/c1-19-24(28-27(35-19)25-9-6-16-32-25)18-33-22-12-10-20(11-13-22)17-34-29-23(14-15-26(30)31-2)21-7-4-3-5-8-21/h3-14,16,29H,15,17-18H2,1-2H3. The summed E-state index contributed by atoms with van der Waals surface area (Å²) >= 11 is 0. The number of rotatable bonds is 11. The molecule has 0 aliphatic carbocycles. The molecule has 4 aromatic rings. The second kappa shape index (κ2) is 11.7. The van der Waals surface area contributed by atoms with Gasteiger partial charge in [-0.05, 0) is 48.4 Å². The van der Waals surface area contributed by atoms with Crippen molar-refractivity contribution in [1.82, 2.24) is 10.5 Å². The summed E-state index contributed by atoms with van der Waals surface area (Å²) in [6.45, 7) is 2.44. The van der Waals surface area contributed by atoms with Crippen LogP contribution in [0.15, 0.2) is 87.9 Å². The van der Waals surface area contributed by atoms with Crippen LogP contribution in [-0.4, -0.2) is 18.1 Å². The Kier molecular flexibility index (Phi) is 7.98. The maximum atomic E-state index is 11.5. The number of hydrogen-bond donors (Lipinski definition) is 1. The summed E-state index contributed by atoms with van der Waals surface area (Å²) in [5, 5.41) is 0. The molecular weight excluding hydrogens is 448 g/mol. The molecule has 0 fully saturated rings. The number of aryl methyl sites for hydroxylation is 1. The molecule has 8 nitrogen and oxygen atoms in total. The molecule has 0 bridgehead atoms.